The third-order valence-electron chi connectivity index (χ3n) is 3.59. The van der Waals surface area contributed by atoms with Crippen molar-refractivity contribution in [3.63, 3.8) is 0 Å². The molecule has 0 aliphatic heterocycles. The molecule has 4 bridgehead atoms. The maximum Gasteiger partial charge on any atom is 0.121 e. The summed E-state index contributed by atoms with van der Waals surface area (Å²) in [6.45, 7) is 0. The van der Waals surface area contributed by atoms with Gasteiger partial charge in [-0.25, -0.2) is 0 Å². The van der Waals surface area contributed by atoms with Crippen LogP contribution in [0, 0.1) is 0 Å². The molecule has 0 radical (unpaired) electrons. The minimum absolute atomic E-state index is 0.509. The SMILES string of the molecule is Oc1c2cccc1CCc1ccc(cc1)CC2. The van der Waals surface area contributed by atoms with E-state index in [1.54, 1.807) is 0 Å². The van der Waals surface area contributed by atoms with Gasteiger partial charge in [-0.1, -0.05) is 42.5 Å². The Morgan fingerprint density at radius 1 is 0.647 bits per heavy atom. The first-order valence-electron chi connectivity index (χ1n) is 6.20. The van der Waals surface area contributed by atoms with Crippen LogP contribution < -0.4 is 0 Å². The first kappa shape index (κ1) is 10.4. The number of rotatable bonds is 0. The summed E-state index contributed by atoms with van der Waals surface area (Å²) in [6.07, 6.45) is 3.83. The summed E-state index contributed by atoms with van der Waals surface area (Å²) >= 11 is 0. The Hall–Kier alpha value is -1.76. The second-order valence-electron chi connectivity index (χ2n) is 4.74. The maximum absolute atomic E-state index is 10.2. The molecule has 0 fully saturated rings. The van der Waals surface area contributed by atoms with E-state index in [4.69, 9.17) is 0 Å². The van der Waals surface area contributed by atoms with E-state index in [2.05, 4.69) is 30.3 Å². The monoisotopic (exact) mass is 224 g/mol. The molecule has 0 saturated heterocycles. The molecule has 17 heavy (non-hydrogen) atoms. The third-order valence-corrected chi connectivity index (χ3v) is 3.59. The quantitative estimate of drug-likeness (QED) is 0.728. The van der Waals surface area contributed by atoms with E-state index < -0.39 is 0 Å². The fourth-order valence-corrected chi connectivity index (χ4v) is 2.48. The molecule has 2 aromatic carbocycles. The number of phenolic OH excluding ortho intramolecular Hbond substituents is 1. The number of hydrogen-bond acceptors (Lipinski definition) is 1. The molecule has 2 aromatic rings. The van der Waals surface area contributed by atoms with Crippen molar-refractivity contribution in [3.8, 4) is 5.75 Å². The van der Waals surface area contributed by atoms with Crippen LogP contribution in [0.25, 0.3) is 0 Å². The highest BCUT2D eigenvalue weighted by Gasteiger charge is 2.09. The summed E-state index contributed by atoms with van der Waals surface area (Å²) in [7, 11) is 0. The molecule has 1 nitrogen and oxygen atoms in total. The van der Waals surface area contributed by atoms with Crippen LogP contribution in [0.4, 0.5) is 0 Å². The average Bonchev–Trinajstić information content (AvgIpc) is 2.39. The first-order valence-corrected chi connectivity index (χ1v) is 6.20. The molecule has 1 heteroatoms. The maximum atomic E-state index is 10.2. The molecule has 0 saturated carbocycles. The largest absolute Gasteiger partial charge is 0.507 e. The van der Waals surface area contributed by atoms with E-state index in [9.17, 15) is 5.11 Å². The van der Waals surface area contributed by atoms with Gasteiger partial charge in [-0.3, -0.25) is 0 Å². The molecule has 0 amide bonds. The molecule has 1 N–H and O–H groups in total. The van der Waals surface area contributed by atoms with Crippen molar-refractivity contribution < 1.29 is 5.11 Å². The molecule has 2 aliphatic carbocycles. The van der Waals surface area contributed by atoms with E-state index in [1.165, 1.54) is 11.1 Å². The summed E-state index contributed by atoms with van der Waals surface area (Å²) in [5.41, 5.74) is 4.85. The van der Waals surface area contributed by atoms with Gasteiger partial charge in [0.05, 0.1) is 0 Å². The summed E-state index contributed by atoms with van der Waals surface area (Å²) in [6, 6.07) is 15.0. The number of benzene rings is 2. The fraction of sp³-hybridized carbons (Fsp3) is 0.250. The van der Waals surface area contributed by atoms with Crippen LogP contribution in [-0.4, -0.2) is 5.11 Å². The highest BCUT2D eigenvalue weighted by Crippen LogP contribution is 2.26. The summed E-state index contributed by atoms with van der Waals surface area (Å²) in [5.74, 6) is 0.509. The minimum Gasteiger partial charge on any atom is -0.507 e. The molecule has 2 aliphatic rings. The van der Waals surface area contributed by atoms with Gasteiger partial charge in [0.15, 0.2) is 0 Å². The Balaban J connectivity index is 2.04. The predicted molar refractivity (Wildman–Crippen MR) is 69.4 cm³/mol. The standard InChI is InChI=1S/C16H16O/c17-16-14-2-1-3-15(16)11-9-13-6-4-12(5-7-13)8-10-14/h1-7,17H,8-11H2. The lowest BCUT2D eigenvalue weighted by Gasteiger charge is -2.08. The van der Waals surface area contributed by atoms with Gasteiger partial charge in [-0.15, -0.1) is 0 Å². The number of para-hydroxylation sites is 1. The highest BCUT2D eigenvalue weighted by atomic mass is 16.3. The van der Waals surface area contributed by atoms with Gasteiger partial charge >= 0.3 is 0 Å². The Kier molecular flexibility index (Phi) is 2.60. The van der Waals surface area contributed by atoms with Crippen LogP contribution in [0.1, 0.15) is 22.3 Å². The van der Waals surface area contributed by atoms with Crippen LogP contribution in [0.15, 0.2) is 42.5 Å². The number of hydrogen-bond donors (Lipinski definition) is 1. The molecule has 0 heterocycles. The van der Waals surface area contributed by atoms with Gasteiger partial charge in [0.1, 0.15) is 5.75 Å². The van der Waals surface area contributed by atoms with Gasteiger partial charge in [0, 0.05) is 0 Å². The topological polar surface area (TPSA) is 20.2 Å². The zero-order valence-electron chi connectivity index (χ0n) is 9.82. The zero-order chi connectivity index (χ0) is 11.7. The highest BCUT2D eigenvalue weighted by molar-refractivity contribution is 5.42. The normalized spacial score (nSPS) is 14.4. The van der Waals surface area contributed by atoms with Crippen molar-refractivity contribution >= 4 is 0 Å². The van der Waals surface area contributed by atoms with Crippen LogP contribution in [0.2, 0.25) is 0 Å². The Bertz CT molecular complexity index is 480. The van der Waals surface area contributed by atoms with Crippen LogP contribution in [0.5, 0.6) is 5.75 Å². The van der Waals surface area contributed by atoms with E-state index >= 15 is 0 Å². The zero-order valence-corrected chi connectivity index (χ0v) is 9.82. The summed E-state index contributed by atoms with van der Waals surface area (Å²) in [4.78, 5) is 0. The predicted octanol–water partition coefficient (Wildman–Crippen LogP) is 3.28. The van der Waals surface area contributed by atoms with Gasteiger partial charge in [-0.2, -0.15) is 0 Å². The van der Waals surface area contributed by atoms with Gasteiger partial charge < -0.3 is 5.11 Å². The Labute approximate surface area is 102 Å². The van der Waals surface area contributed by atoms with Crippen LogP contribution in [-0.2, 0) is 25.7 Å². The summed E-state index contributed by atoms with van der Waals surface area (Å²) in [5, 5.41) is 10.2. The van der Waals surface area contributed by atoms with E-state index in [0.29, 0.717) is 5.75 Å². The van der Waals surface area contributed by atoms with Crippen molar-refractivity contribution in [3.05, 3.63) is 64.7 Å². The summed E-state index contributed by atoms with van der Waals surface area (Å²) < 4.78 is 0. The van der Waals surface area contributed by atoms with Crippen molar-refractivity contribution in [2.45, 2.75) is 25.7 Å². The average molecular weight is 224 g/mol. The van der Waals surface area contributed by atoms with Crippen molar-refractivity contribution in [1.29, 1.82) is 0 Å². The smallest absolute Gasteiger partial charge is 0.121 e. The van der Waals surface area contributed by atoms with Gasteiger partial charge in [-0.05, 0) is 47.9 Å². The van der Waals surface area contributed by atoms with Gasteiger partial charge in [0.25, 0.3) is 0 Å². The molecule has 4 rings (SSSR count). The second-order valence-corrected chi connectivity index (χ2v) is 4.74. The molecule has 0 spiro atoms. The molecular weight excluding hydrogens is 208 g/mol. The first-order chi connectivity index (χ1) is 8.33. The van der Waals surface area contributed by atoms with Crippen molar-refractivity contribution in [1.82, 2.24) is 0 Å². The van der Waals surface area contributed by atoms with Gasteiger partial charge in [0.2, 0.25) is 0 Å². The molecule has 0 unspecified atom stereocenters. The van der Waals surface area contributed by atoms with Crippen LogP contribution in [0.3, 0.4) is 0 Å². The number of aryl methyl sites for hydroxylation is 4. The molecule has 0 atom stereocenters. The lowest BCUT2D eigenvalue weighted by molar-refractivity contribution is 0.460. The van der Waals surface area contributed by atoms with Crippen molar-refractivity contribution in [2.75, 3.05) is 0 Å². The van der Waals surface area contributed by atoms with E-state index in [-0.39, 0.29) is 0 Å². The number of fused-ring (bicyclic) bond motifs is 4. The van der Waals surface area contributed by atoms with Crippen LogP contribution >= 0.6 is 0 Å². The minimum atomic E-state index is 0.509. The van der Waals surface area contributed by atoms with E-state index in [0.717, 1.165) is 36.8 Å². The third kappa shape index (κ3) is 2.05. The lowest BCUT2D eigenvalue weighted by Crippen LogP contribution is -1.94. The molecule has 0 aromatic heterocycles. The van der Waals surface area contributed by atoms with Crippen molar-refractivity contribution in [2.24, 2.45) is 0 Å². The Morgan fingerprint density at radius 3 is 1.59 bits per heavy atom. The van der Waals surface area contributed by atoms with E-state index in [1.807, 2.05) is 12.1 Å². The number of aromatic hydroxyl groups is 1. The molecule has 86 valence electrons. The number of phenols is 1. The lowest BCUT2D eigenvalue weighted by atomic mass is 10.0. The fourth-order valence-electron chi connectivity index (χ4n) is 2.48. The Morgan fingerprint density at radius 2 is 1.12 bits per heavy atom. The molecular formula is C16H16O. The second kappa shape index (κ2) is 4.25.